The average Bonchev–Trinajstić information content (AvgIpc) is 2.81. The van der Waals surface area contributed by atoms with Crippen LogP contribution in [-0.4, -0.2) is 17.9 Å². The maximum Gasteiger partial charge on any atom is 0.347 e. The Morgan fingerprint density at radius 3 is 1.67 bits per heavy atom. The molecule has 0 aromatic heterocycles. The molecule has 2 aromatic carbocycles. The number of carbonyl (C=O) groups excluding carboxylic acids is 3. The van der Waals surface area contributed by atoms with Crippen LogP contribution in [0.3, 0.4) is 0 Å². The summed E-state index contributed by atoms with van der Waals surface area (Å²) in [6.45, 7) is 5.36. The molecule has 2 aromatic rings. The summed E-state index contributed by atoms with van der Waals surface area (Å²) in [7, 11) is 0. The fraction of sp³-hybridized carbons (Fsp3) is 0.211. The van der Waals surface area contributed by atoms with E-state index in [9.17, 15) is 14.4 Å². The highest BCUT2D eigenvalue weighted by Crippen LogP contribution is 2.55. The molecule has 30 heavy (non-hydrogen) atoms. The number of hydrogen-bond donors (Lipinski definition) is 0. The second-order valence-electron chi connectivity index (χ2n) is 6.21. The molecular formula is C19H12Cl4O7. The van der Waals surface area contributed by atoms with E-state index in [0.29, 0.717) is 0 Å². The van der Waals surface area contributed by atoms with E-state index in [1.165, 1.54) is 20.8 Å². The summed E-state index contributed by atoms with van der Waals surface area (Å²) in [4.78, 5) is 35.7. The molecule has 0 amide bonds. The first-order chi connectivity index (χ1) is 14.0. The molecule has 0 saturated carbocycles. The zero-order valence-electron chi connectivity index (χ0n) is 15.9. The van der Waals surface area contributed by atoms with Crippen molar-refractivity contribution in [1.29, 1.82) is 0 Å². The summed E-state index contributed by atoms with van der Waals surface area (Å²) in [6, 6.07) is 0. The molecule has 0 unspecified atom stereocenters. The molecule has 0 spiro atoms. The lowest BCUT2D eigenvalue weighted by molar-refractivity contribution is -0.132. The molecule has 0 fully saturated rings. The molecule has 1 aliphatic heterocycles. The normalized spacial score (nSPS) is 12.2. The molecule has 0 radical (unpaired) electrons. The van der Waals surface area contributed by atoms with Crippen LogP contribution in [0.5, 0.6) is 28.7 Å². The molecule has 11 heteroatoms. The van der Waals surface area contributed by atoms with Crippen LogP contribution in [0.1, 0.15) is 35.3 Å². The first-order valence-electron chi connectivity index (χ1n) is 8.25. The molecule has 0 aliphatic carbocycles. The Bertz CT molecular complexity index is 1140. The van der Waals surface area contributed by atoms with Crippen LogP contribution in [0.2, 0.25) is 20.1 Å². The van der Waals surface area contributed by atoms with Gasteiger partial charge in [0, 0.05) is 19.4 Å². The number of esters is 3. The van der Waals surface area contributed by atoms with Crippen molar-refractivity contribution >= 4 is 64.3 Å². The topological polar surface area (TPSA) is 88.1 Å². The Balaban J connectivity index is 2.32. The zero-order valence-corrected chi connectivity index (χ0v) is 18.9. The van der Waals surface area contributed by atoms with E-state index in [2.05, 4.69) is 0 Å². The third-order valence-electron chi connectivity index (χ3n) is 4.10. The van der Waals surface area contributed by atoms with Gasteiger partial charge in [-0.15, -0.1) is 0 Å². The number of fused-ring (bicyclic) bond motifs is 2. The van der Waals surface area contributed by atoms with Gasteiger partial charge in [-0.05, 0) is 19.4 Å². The van der Waals surface area contributed by atoms with E-state index >= 15 is 0 Å². The summed E-state index contributed by atoms with van der Waals surface area (Å²) in [5, 5.41) is -0.578. The number of benzene rings is 2. The van der Waals surface area contributed by atoms with Crippen molar-refractivity contribution in [1.82, 2.24) is 0 Å². The number of carbonyl (C=O) groups is 3. The quantitative estimate of drug-likeness (QED) is 0.369. The first kappa shape index (κ1) is 22.5. The van der Waals surface area contributed by atoms with E-state index in [4.69, 9.17) is 65.4 Å². The van der Waals surface area contributed by atoms with Gasteiger partial charge in [0.25, 0.3) is 0 Å². The van der Waals surface area contributed by atoms with Gasteiger partial charge in [-0.2, -0.15) is 0 Å². The Hall–Kier alpha value is -2.19. The molecule has 0 saturated heterocycles. The largest absolute Gasteiger partial charge is 0.450 e. The molecular weight excluding hydrogens is 482 g/mol. The van der Waals surface area contributed by atoms with Crippen molar-refractivity contribution in [3.63, 3.8) is 0 Å². The van der Waals surface area contributed by atoms with Crippen molar-refractivity contribution < 1.29 is 33.3 Å². The van der Waals surface area contributed by atoms with E-state index in [-0.39, 0.29) is 65.5 Å². The number of ether oxygens (including phenoxy) is 4. The molecule has 1 heterocycles. The summed E-state index contributed by atoms with van der Waals surface area (Å²) >= 11 is 25.2. The summed E-state index contributed by atoms with van der Waals surface area (Å²) < 4.78 is 21.4. The summed E-state index contributed by atoms with van der Waals surface area (Å²) in [5.41, 5.74) is 0.355. The lowest BCUT2D eigenvalue weighted by atomic mass is 10.1. The number of halogens is 4. The highest BCUT2D eigenvalue weighted by atomic mass is 35.5. The first-order valence-corrected chi connectivity index (χ1v) is 9.76. The van der Waals surface area contributed by atoms with E-state index < -0.39 is 17.9 Å². The van der Waals surface area contributed by atoms with Crippen LogP contribution in [0.4, 0.5) is 0 Å². The third kappa shape index (κ3) is 3.67. The van der Waals surface area contributed by atoms with Crippen LogP contribution in [0.15, 0.2) is 0 Å². The molecule has 3 rings (SSSR count). The van der Waals surface area contributed by atoms with Crippen molar-refractivity contribution in [2.75, 3.05) is 0 Å². The van der Waals surface area contributed by atoms with Gasteiger partial charge in [-0.3, -0.25) is 9.59 Å². The fourth-order valence-electron chi connectivity index (χ4n) is 2.77. The van der Waals surface area contributed by atoms with Crippen LogP contribution < -0.4 is 18.9 Å². The van der Waals surface area contributed by atoms with Crippen molar-refractivity contribution in [2.45, 2.75) is 27.7 Å². The van der Waals surface area contributed by atoms with E-state index in [1.54, 1.807) is 0 Å². The Labute approximate surface area is 190 Å². The summed E-state index contributed by atoms with van der Waals surface area (Å²) in [6.07, 6.45) is 0. The fourth-order valence-corrected chi connectivity index (χ4v) is 3.83. The lowest BCUT2D eigenvalue weighted by Gasteiger charge is -2.18. The number of hydrogen-bond acceptors (Lipinski definition) is 7. The molecule has 0 atom stereocenters. The maximum absolute atomic E-state index is 12.9. The zero-order chi connectivity index (χ0) is 22.5. The standard InChI is InChI=1S/C19H12Cl4O7/c1-5-9-15(12(22)16(10(5)20)27-7(3)24)29-14-6(2)11(21)17(28-8(4)25)13(23)18(14)30-19(9)26/h1-4H3. The predicted molar refractivity (Wildman–Crippen MR) is 110 cm³/mol. The van der Waals surface area contributed by atoms with Crippen molar-refractivity contribution in [3.8, 4) is 28.7 Å². The van der Waals surface area contributed by atoms with Gasteiger partial charge in [-0.25, -0.2) is 4.79 Å². The second-order valence-corrected chi connectivity index (χ2v) is 7.72. The van der Waals surface area contributed by atoms with Crippen molar-refractivity contribution in [3.05, 3.63) is 36.8 Å². The molecule has 1 aliphatic rings. The Kier molecular flexibility index (Phi) is 6.11. The Morgan fingerprint density at radius 2 is 1.17 bits per heavy atom. The van der Waals surface area contributed by atoms with Crippen LogP contribution >= 0.6 is 46.4 Å². The maximum atomic E-state index is 12.9. The predicted octanol–water partition coefficient (Wildman–Crippen LogP) is 6.09. The van der Waals surface area contributed by atoms with E-state index in [1.807, 2.05) is 0 Å². The molecule has 0 N–H and O–H groups in total. The van der Waals surface area contributed by atoms with Gasteiger partial charge >= 0.3 is 17.9 Å². The minimum Gasteiger partial charge on any atom is -0.450 e. The molecule has 0 bridgehead atoms. The monoisotopic (exact) mass is 492 g/mol. The highest BCUT2D eigenvalue weighted by molar-refractivity contribution is 6.41. The van der Waals surface area contributed by atoms with E-state index in [0.717, 1.165) is 6.92 Å². The smallest absolute Gasteiger partial charge is 0.347 e. The van der Waals surface area contributed by atoms with Crippen LogP contribution in [-0.2, 0) is 9.59 Å². The minimum absolute atomic E-state index is 0.0320. The highest BCUT2D eigenvalue weighted by Gasteiger charge is 2.36. The average molecular weight is 494 g/mol. The molecule has 158 valence electrons. The van der Waals surface area contributed by atoms with Gasteiger partial charge in [0.1, 0.15) is 15.6 Å². The van der Waals surface area contributed by atoms with Crippen molar-refractivity contribution in [2.24, 2.45) is 0 Å². The number of rotatable bonds is 2. The van der Waals surface area contributed by atoms with Crippen LogP contribution in [0.25, 0.3) is 0 Å². The molecule has 7 nitrogen and oxygen atoms in total. The lowest BCUT2D eigenvalue weighted by Crippen LogP contribution is -2.12. The minimum atomic E-state index is -0.892. The third-order valence-corrected chi connectivity index (χ3v) is 5.69. The van der Waals surface area contributed by atoms with Crippen LogP contribution in [0, 0.1) is 13.8 Å². The van der Waals surface area contributed by atoms with Gasteiger partial charge < -0.3 is 18.9 Å². The van der Waals surface area contributed by atoms with Gasteiger partial charge in [-0.1, -0.05) is 46.4 Å². The summed E-state index contributed by atoms with van der Waals surface area (Å²) in [5.74, 6) is -3.04. The van der Waals surface area contributed by atoms with Gasteiger partial charge in [0.05, 0.1) is 10.0 Å². The second kappa shape index (κ2) is 8.15. The van der Waals surface area contributed by atoms with Gasteiger partial charge in [0.2, 0.25) is 0 Å². The Morgan fingerprint density at radius 1 is 0.700 bits per heavy atom. The van der Waals surface area contributed by atoms with Gasteiger partial charge in [0.15, 0.2) is 28.7 Å². The SMILES string of the molecule is CC(=O)Oc1c(Cl)c(C)c2c(c1Cl)OC(=O)c1c(C)c(Cl)c(OC(C)=O)c(Cl)c1O2.